The quantitative estimate of drug-likeness (QED) is 0.882. The lowest BCUT2D eigenvalue weighted by Crippen LogP contribution is -2.42. The number of phenols is 1. The molecule has 0 amide bonds. The lowest BCUT2D eigenvalue weighted by molar-refractivity contribution is 0.171. The molecule has 0 unspecified atom stereocenters. The van der Waals surface area contributed by atoms with Gasteiger partial charge in [0.25, 0.3) is 0 Å². The van der Waals surface area contributed by atoms with E-state index in [1.165, 1.54) is 23.1 Å². The highest BCUT2D eigenvalue weighted by Gasteiger charge is 2.60. The summed E-state index contributed by atoms with van der Waals surface area (Å²) in [6.45, 7) is 7.85. The number of aromatic hydroxyl groups is 1. The number of piperidine rings is 1. The number of fused-ring (bicyclic) bond motifs is 1. The number of phenolic OH excluding ortho intramolecular Hbond substituents is 1. The molecule has 25 heavy (non-hydrogen) atoms. The van der Waals surface area contributed by atoms with Crippen LogP contribution in [0, 0.1) is 18.8 Å². The minimum atomic E-state index is 0.301. The van der Waals surface area contributed by atoms with Crippen LogP contribution in [0.4, 0.5) is 0 Å². The van der Waals surface area contributed by atoms with Crippen molar-refractivity contribution >= 4 is 6.08 Å². The molecule has 2 aromatic carbocycles. The maximum atomic E-state index is 9.84. The molecule has 2 nitrogen and oxygen atoms in total. The highest BCUT2D eigenvalue weighted by molar-refractivity contribution is 5.53. The van der Waals surface area contributed by atoms with Gasteiger partial charge in [0.1, 0.15) is 5.75 Å². The fourth-order valence-electron chi connectivity index (χ4n) is 4.80. The highest BCUT2D eigenvalue weighted by atomic mass is 16.3. The topological polar surface area (TPSA) is 23.5 Å². The average Bonchev–Trinajstić information content (AvgIpc) is 3.33. The highest BCUT2D eigenvalue weighted by Crippen LogP contribution is 2.61. The fraction of sp³-hybridized carbons (Fsp3) is 0.391. The van der Waals surface area contributed by atoms with Gasteiger partial charge in [-0.15, -0.1) is 0 Å². The number of benzene rings is 2. The van der Waals surface area contributed by atoms with Gasteiger partial charge in [-0.1, -0.05) is 55.5 Å². The van der Waals surface area contributed by atoms with E-state index in [-0.39, 0.29) is 0 Å². The van der Waals surface area contributed by atoms with Crippen LogP contribution in [0.15, 0.2) is 54.6 Å². The van der Waals surface area contributed by atoms with Gasteiger partial charge in [0.2, 0.25) is 0 Å². The Morgan fingerprint density at radius 3 is 2.76 bits per heavy atom. The molecule has 0 bridgehead atoms. The first-order chi connectivity index (χ1) is 12.1. The smallest absolute Gasteiger partial charge is 0.115 e. The van der Waals surface area contributed by atoms with Crippen molar-refractivity contribution in [3.05, 3.63) is 71.3 Å². The van der Waals surface area contributed by atoms with Crippen molar-refractivity contribution in [2.24, 2.45) is 11.8 Å². The summed E-state index contributed by atoms with van der Waals surface area (Å²) in [4.78, 5) is 2.58. The maximum absolute atomic E-state index is 9.84. The third kappa shape index (κ3) is 3.00. The first-order valence-corrected chi connectivity index (χ1v) is 9.33. The molecule has 1 aliphatic carbocycles. The second-order valence-corrected chi connectivity index (χ2v) is 7.87. The van der Waals surface area contributed by atoms with Crippen LogP contribution in [0.2, 0.25) is 0 Å². The van der Waals surface area contributed by atoms with Crippen molar-refractivity contribution in [2.75, 3.05) is 19.6 Å². The lowest BCUT2D eigenvalue weighted by Gasteiger charge is -2.36. The molecule has 2 heteroatoms. The molecule has 1 saturated heterocycles. The van der Waals surface area contributed by atoms with Crippen LogP contribution in [-0.4, -0.2) is 29.6 Å². The first kappa shape index (κ1) is 16.4. The molecule has 2 aliphatic rings. The van der Waals surface area contributed by atoms with Crippen LogP contribution in [0.1, 0.15) is 30.0 Å². The maximum Gasteiger partial charge on any atom is 0.115 e. The largest absolute Gasteiger partial charge is 0.508 e. The normalized spacial score (nSPS) is 28.9. The SMILES string of the molecule is Cc1ccccc1/C=C/CN1C[C@H]2C[C@@]2(c2cccc(O)c2)[C@H](C)C1. The Labute approximate surface area is 150 Å². The number of likely N-dealkylation sites (tertiary alicyclic amines) is 1. The van der Waals surface area contributed by atoms with Gasteiger partial charge < -0.3 is 5.11 Å². The van der Waals surface area contributed by atoms with Crippen LogP contribution < -0.4 is 0 Å². The molecular weight excluding hydrogens is 306 g/mol. The Morgan fingerprint density at radius 2 is 2.00 bits per heavy atom. The molecule has 2 fully saturated rings. The zero-order valence-electron chi connectivity index (χ0n) is 15.2. The predicted molar refractivity (Wildman–Crippen MR) is 104 cm³/mol. The molecule has 1 saturated carbocycles. The number of rotatable bonds is 4. The molecule has 0 aromatic heterocycles. The third-order valence-electron chi connectivity index (χ3n) is 6.28. The van der Waals surface area contributed by atoms with E-state index >= 15 is 0 Å². The Morgan fingerprint density at radius 1 is 1.16 bits per heavy atom. The number of hydrogen-bond acceptors (Lipinski definition) is 2. The summed E-state index contributed by atoms with van der Waals surface area (Å²) in [6.07, 6.45) is 5.82. The van der Waals surface area contributed by atoms with Crippen molar-refractivity contribution < 1.29 is 5.11 Å². The van der Waals surface area contributed by atoms with E-state index in [9.17, 15) is 5.11 Å². The van der Waals surface area contributed by atoms with Gasteiger partial charge in [-0.3, -0.25) is 4.90 Å². The molecule has 4 rings (SSSR count). The first-order valence-electron chi connectivity index (χ1n) is 9.33. The van der Waals surface area contributed by atoms with E-state index in [4.69, 9.17) is 0 Å². The Bertz CT molecular complexity index is 796. The molecular formula is C23H27NO. The third-order valence-corrected chi connectivity index (χ3v) is 6.28. The Hall–Kier alpha value is -2.06. The van der Waals surface area contributed by atoms with Crippen LogP contribution in [0.5, 0.6) is 5.75 Å². The van der Waals surface area contributed by atoms with Crippen LogP contribution >= 0.6 is 0 Å². The van der Waals surface area contributed by atoms with Crippen molar-refractivity contribution in [1.82, 2.24) is 4.90 Å². The molecule has 1 heterocycles. The second-order valence-electron chi connectivity index (χ2n) is 7.87. The van der Waals surface area contributed by atoms with Gasteiger partial charge in [0, 0.05) is 25.0 Å². The van der Waals surface area contributed by atoms with Crippen LogP contribution in [0.25, 0.3) is 6.08 Å². The summed E-state index contributed by atoms with van der Waals surface area (Å²) in [5.74, 6) is 1.75. The van der Waals surface area contributed by atoms with Crippen molar-refractivity contribution in [3.8, 4) is 5.75 Å². The zero-order chi connectivity index (χ0) is 17.4. The van der Waals surface area contributed by atoms with Crippen LogP contribution in [0.3, 0.4) is 0 Å². The average molecular weight is 333 g/mol. The number of aryl methyl sites for hydroxylation is 1. The summed E-state index contributed by atoms with van der Waals surface area (Å²) in [7, 11) is 0. The van der Waals surface area contributed by atoms with Gasteiger partial charge in [0.05, 0.1) is 0 Å². The number of nitrogens with zero attached hydrogens (tertiary/aromatic N) is 1. The zero-order valence-corrected chi connectivity index (χ0v) is 15.2. The minimum Gasteiger partial charge on any atom is -0.508 e. The van der Waals surface area contributed by atoms with Gasteiger partial charge in [0.15, 0.2) is 0 Å². The summed E-state index contributed by atoms with van der Waals surface area (Å²) in [5.41, 5.74) is 4.28. The van der Waals surface area contributed by atoms with Gasteiger partial charge in [-0.2, -0.15) is 0 Å². The van der Waals surface area contributed by atoms with E-state index in [0.29, 0.717) is 17.1 Å². The molecule has 3 atom stereocenters. The summed E-state index contributed by atoms with van der Waals surface area (Å²) in [6, 6.07) is 16.5. The standard InChI is InChI=1S/C23H27NO/c1-17-7-3-4-8-19(17)9-6-12-24-15-18(2)23(14-21(23)16-24)20-10-5-11-22(25)13-20/h3-11,13,18,21,25H,12,14-16H2,1-2H3/b9-6+/t18-,21-,23+/m1/s1. The van der Waals surface area contributed by atoms with Crippen molar-refractivity contribution in [1.29, 1.82) is 0 Å². The van der Waals surface area contributed by atoms with Crippen LogP contribution in [-0.2, 0) is 5.41 Å². The van der Waals surface area contributed by atoms with Gasteiger partial charge in [-0.05, 0) is 54.0 Å². The molecule has 0 radical (unpaired) electrons. The Kier molecular flexibility index (Phi) is 4.16. The van der Waals surface area contributed by atoms with Gasteiger partial charge in [-0.25, -0.2) is 0 Å². The molecule has 130 valence electrons. The number of hydrogen-bond donors (Lipinski definition) is 1. The van der Waals surface area contributed by atoms with Crippen molar-refractivity contribution in [2.45, 2.75) is 25.7 Å². The molecule has 1 aliphatic heterocycles. The summed E-state index contributed by atoms with van der Waals surface area (Å²) < 4.78 is 0. The van der Waals surface area contributed by atoms with E-state index in [1.807, 2.05) is 12.1 Å². The summed E-state index contributed by atoms with van der Waals surface area (Å²) in [5, 5.41) is 9.84. The predicted octanol–water partition coefficient (Wildman–Crippen LogP) is 4.62. The molecule has 0 spiro atoms. The van der Waals surface area contributed by atoms with Gasteiger partial charge >= 0.3 is 0 Å². The summed E-state index contributed by atoms with van der Waals surface area (Å²) >= 11 is 0. The second kappa shape index (κ2) is 6.34. The minimum absolute atomic E-state index is 0.301. The molecule has 1 N–H and O–H groups in total. The van der Waals surface area contributed by atoms with E-state index < -0.39 is 0 Å². The Balaban J connectivity index is 1.42. The lowest BCUT2D eigenvalue weighted by atomic mass is 9.79. The molecule has 2 aromatic rings. The fourth-order valence-corrected chi connectivity index (χ4v) is 4.80. The monoisotopic (exact) mass is 333 g/mol. The van der Waals surface area contributed by atoms with E-state index in [0.717, 1.165) is 25.6 Å². The van der Waals surface area contributed by atoms with Crippen molar-refractivity contribution in [3.63, 3.8) is 0 Å². The van der Waals surface area contributed by atoms with E-state index in [1.54, 1.807) is 6.07 Å². The van der Waals surface area contributed by atoms with E-state index in [2.05, 4.69) is 61.2 Å².